The number of amides is 1. The lowest BCUT2D eigenvalue weighted by Gasteiger charge is -2.53. The number of rotatable bonds is 3. The van der Waals surface area contributed by atoms with Crippen molar-refractivity contribution in [2.24, 2.45) is 5.92 Å². The normalized spacial score (nSPS) is 20.2. The molecule has 0 aliphatic carbocycles. The van der Waals surface area contributed by atoms with Crippen LogP contribution in [0.2, 0.25) is 0 Å². The summed E-state index contributed by atoms with van der Waals surface area (Å²) < 4.78 is 14.1. The number of aryl methyl sites for hydroxylation is 2. The molecule has 31 heavy (non-hydrogen) atoms. The van der Waals surface area contributed by atoms with Crippen LogP contribution in [-0.2, 0) is 0 Å². The van der Waals surface area contributed by atoms with E-state index < -0.39 is 5.82 Å². The molecule has 2 fully saturated rings. The topological polar surface area (TPSA) is 75.1 Å². The Hall–Kier alpha value is -3.42. The van der Waals surface area contributed by atoms with Gasteiger partial charge >= 0.3 is 0 Å². The lowest BCUT2D eigenvalue weighted by Crippen LogP contribution is -2.65. The second kappa shape index (κ2) is 7.68. The molecule has 1 aromatic carbocycles. The van der Waals surface area contributed by atoms with Crippen LogP contribution in [0.4, 0.5) is 10.3 Å². The van der Waals surface area contributed by atoms with Gasteiger partial charge in [0.2, 0.25) is 5.95 Å². The minimum Gasteiger partial charge on any atom is -0.337 e. The second-order valence-corrected chi connectivity index (χ2v) is 8.23. The molecule has 2 aliphatic rings. The summed E-state index contributed by atoms with van der Waals surface area (Å²) in [5, 5.41) is 0. The first-order valence-corrected chi connectivity index (χ1v) is 10.4. The highest BCUT2D eigenvalue weighted by Crippen LogP contribution is 2.36. The summed E-state index contributed by atoms with van der Waals surface area (Å²) in [5.41, 5.74) is 2.69. The van der Waals surface area contributed by atoms with Crippen LogP contribution in [-0.4, -0.2) is 56.4 Å². The summed E-state index contributed by atoms with van der Waals surface area (Å²) in [6.45, 7) is 6.03. The number of piperidine rings is 1. The third kappa shape index (κ3) is 3.62. The molecule has 7 nitrogen and oxygen atoms in total. The maximum Gasteiger partial charge on any atom is 0.254 e. The maximum atomic E-state index is 14.1. The Balaban J connectivity index is 1.41. The Morgan fingerprint density at radius 1 is 1.06 bits per heavy atom. The van der Waals surface area contributed by atoms with Crippen LogP contribution >= 0.6 is 0 Å². The van der Waals surface area contributed by atoms with Crippen molar-refractivity contribution in [1.29, 1.82) is 0 Å². The number of hydrogen-bond donors (Lipinski definition) is 0. The molecule has 2 unspecified atom stereocenters. The summed E-state index contributed by atoms with van der Waals surface area (Å²) >= 11 is 0. The van der Waals surface area contributed by atoms with Gasteiger partial charge in [-0.1, -0.05) is 0 Å². The van der Waals surface area contributed by atoms with E-state index in [0.29, 0.717) is 30.4 Å². The third-order valence-electron chi connectivity index (χ3n) is 6.09. The Bertz CT molecular complexity index is 1120. The molecule has 2 atom stereocenters. The van der Waals surface area contributed by atoms with Crippen LogP contribution in [0.25, 0.3) is 11.4 Å². The van der Waals surface area contributed by atoms with Gasteiger partial charge in [0.15, 0.2) is 5.82 Å². The van der Waals surface area contributed by atoms with Crippen molar-refractivity contribution in [3.63, 3.8) is 0 Å². The van der Waals surface area contributed by atoms with Crippen molar-refractivity contribution in [3.8, 4) is 11.4 Å². The summed E-state index contributed by atoms with van der Waals surface area (Å²) in [4.78, 5) is 35.1. The van der Waals surface area contributed by atoms with Crippen LogP contribution in [0.1, 0.15) is 28.2 Å². The molecule has 0 spiro atoms. The molecular formula is C23H23FN6O. The molecule has 0 saturated carbocycles. The Labute approximate surface area is 180 Å². The summed E-state index contributed by atoms with van der Waals surface area (Å²) in [7, 11) is 0. The molecule has 8 heteroatoms. The number of aromatic nitrogens is 4. The smallest absolute Gasteiger partial charge is 0.254 e. The van der Waals surface area contributed by atoms with E-state index in [1.54, 1.807) is 29.4 Å². The van der Waals surface area contributed by atoms with Gasteiger partial charge in [0.25, 0.3) is 5.91 Å². The van der Waals surface area contributed by atoms with Gasteiger partial charge in [0.1, 0.15) is 5.82 Å². The third-order valence-corrected chi connectivity index (χ3v) is 6.09. The zero-order valence-corrected chi connectivity index (χ0v) is 17.5. The minimum absolute atomic E-state index is 0.170. The SMILES string of the molecule is Cc1cc(C)nc(N2CC3CCN(C(=O)c4cc(F)ccc4-c4ncccn4)CC32)n1. The highest BCUT2D eigenvalue weighted by molar-refractivity contribution is 6.00. The Morgan fingerprint density at radius 3 is 2.55 bits per heavy atom. The standard InChI is InChI=1S/C23H23FN6O/c1-14-10-15(2)28-23(27-14)30-12-16-6-9-29(13-20(16)30)22(31)19-11-17(24)4-5-18(19)21-25-7-3-8-26-21/h3-5,7-8,10-11,16,20H,6,9,12-13H2,1-2H3. The number of halogens is 1. The number of benzene rings is 1. The van der Waals surface area contributed by atoms with Gasteiger partial charge in [0, 0.05) is 54.9 Å². The maximum absolute atomic E-state index is 14.1. The molecule has 0 bridgehead atoms. The van der Waals surface area contributed by atoms with Crippen molar-refractivity contribution in [2.75, 3.05) is 24.5 Å². The van der Waals surface area contributed by atoms with Gasteiger partial charge in [-0.05, 0) is 50.6 Å². The van der Waals surface area contributed by atoms with Crippen molar-refractivity contribution < 1.29 is 9.18 Å². The van der Waals surface area contributed by atoms with E-state index in [-0.39, 0.29) is 17.5 Å². The van der Waals surface area contributed by atoms with Gasteiger partial charge < -0.3 is 9.80 Å². The highest BCUT2D eigenvalue weighted by atomic mass is 19.1. The van der Waals surface area contributed by atoms with Gasteiger partial charge in [-0.25, -0.2) is 24.3 Å². The lowest BCUT2D eigenvalue weighted by molar-refractivity contribution is 0.0589. The molecule has 2 aromatic heterocycles. The van der Waals surface area contributed by atoms with E-state index in [0.717, 1.165) is 30.3 Å². The van der Waals surface area contributed by atoms with Crippen molar-refractivity contribution >= 4 is 11.9 Å². The number of carbonyl (C=O) groups is 1. The molecule has 0 N–H and O–H groups in total. The fraction of sp³-hybridized carbons (Fsp3) is 0.348. The van der Waals surface area contributed by atoms with E-state index >= 15 is 0 Å². The zero-order valence-electron chi connectivity index (χ0n) is 17.5. The van der Waals surface area contributed by atoms with E-state index in [1.165, 1.54) is 12.1 Å². The van der Waals surface area contributed by atoms with Crippen LogP contribution < -0.4 is 4.90 Å². The number of hydrogen-bond acceptors (Lipinski definition) is 6. The minimum atomic E-state index is -0.452. The number of anilines is 1. The molecule has 2 aliphatic heterocycles. The average molecular weight is 418 g/mol. The predicted octanol–water partition coefficient (Wildman–Crippen LogP) is 3.04. The van der Waals surface area contributed by atoms with Crippen LogP contribution in [0.15, 0.2) is 42.7 Å². The van der Waals surface area contributed by atoms with Crippen molar-refractivity contribution in [2.45, 2.75) is 26.3 Å². The molecule has 1 amide bonds. The number of carbonyl (C=O) groups excluding carboxylic acids is 1. The van der Waals surface area contributed by atoms with Crippen molar-refractivity contribution in [3.05, 3.63) is 65.5 Å². The summed E-state index contributed by atoms with van der Waals surface area (Å²) in [6, 6.07) is 8.02. The fourth-order valence-corrected chi connectivity index (χ4v) is 4.54. The van der Waals surface area contributed by atoms with E-state index in [1.807, 2.05) is 19.9 Å². The molecule has 3 aromatic rings. The van der Waals surface area contributed by atoms with Gasteiger partial charge in [-0.3, -0.25) is 4.79 Å². The summed E-state index contributed by atoms with van der Waals surface area (Å²) in [5.74, 6) is 0.991. The quantitative estimate of drug-likeness (QED) is 0.651. The van der Waals surface area contributed by atoms with Gasteiger partial charge in [-0.2, -0.15) is 0 Å². The Morgan fingerprint density at radius 2 is 1.81 bits per heavy atom. The van der Waals surface area contributed by atoms with E-state index in [4.69, 9.17) is 0 Å². The predicted molar refractivity (Wildman–Crippen MR) is 114 cm³/mol. The molecule has 2 saturated heterocycles. The molecule has 5 rings (SSSR count). The number of likely N-dealkylation sites (tertiary alicyclic amines) is 1. The largest absolute Gasteiger partial charge is 0.337 e. The van der Waals surface area contributed by atoms with E-state index in [2.05, 4.69) is 24.8 Å². The van der Waals surface area contributed by atoms with Crippen LogP contribution in [0.5, 0.6) is 0 Å². The molecular weight excluding hydrogens is 395 g/mol. The first kappa shape index (κ1) is 19.5. The van der Waals surface area contributed by atoms with Crippen molar-refractivity contribution in [1.82, 2.24) is 24.8 Å². The van der Waals surface area contributed by atoms with E-state index in [9.17, 15) is 9.18 Å². The first-order chi connectivity index (χ1) is 15.0. The zero-order chi connectivity index (χ0) is 21.5. The fourth-order valence-electron chi connectivity index (χ4n) is 4.54. The first-order valence-electron chi connectivity index (χ1n) is 10.4. The van der Waals surface area contributed by atoms with Crippen LogP contribution in [0.3, 0.4) is 0 Å². The monoisotopic (exact) mass is 418 g/mol. The molecule has 158 valence electrons. The average Bonchev–Trinajstić information content (AvgIpc) is 2.74. The summed E-state index contributed by atoms with van der Waals surface area (Å²) in [6.07, 6.45) is 4.13. The van der Waals surface area contributed by atoms with Crippen LogP contribution in [0, 0.1) is 25.6 Å². The van der Waals surface area contributed by atoms with Gasteiger partial charge in [-0.15, -0.1) is 0 Å². The Kier molecular flexibility index (Phi) is 4.84. The lowest BCUT2D eigenvalue weighted by atomic mass is 9.82. The second-order valence-electron chi connectivity index (χ2n) is 8.23. The number of nitrogens with zero attached hydrogens (tertiary/aromatic N) is 6. The number of fused-ring (bicyclic) bond motifs is 1. The van der Waals surface area contributed by atoms with Gasteiger partial charge in [0.05, 0.1) is 11.6 Å². The molecule has 0 radical (unpaired) electrons. The highest BCUT2D eigenvalue weighted by Gasteiger charge is 2.45. The molecule has 4 heterocycles.